The smallest absolute Gasteiger partial charge is 0.137 e. The van der Waals surface area contributed by atoms with Crippen LogP contribution in [0.25, 0.3) is 0 Å². The zero-order valence-corrected chi connectivity index (χ0v) is 12.3. The van der Waals surface area contributed by atoms with Gasteiger partial charge in [-0.1, -0.05) is 50.1 Å². The average Bonchev–Trinajstić information content (AvgIpc) is 2.38. The van der Waals surface area contributed by atoms with Gasteiger partial charge in [0.25, 0.3) is 0 Å². The summed E-state index contributed by atoms with van der Waals surface area (Å²) in [6.45, 7) is 4.39. The zero-order chi connectivity index (χ0) is 13.4. The van der Waals surface area contributed by atoms with Gasteiger partial charge in [-0.25, -0.2) is 0 Å². The van der Waals surface area contributed by atoms with Crippen LogP contribution in [-0.4, -0.2) is 7.11 Å². The summed E-state index contributed by atoms with van der Waals surface area (Å²) in [6, 6.07) is 6.13. The fourth-order valence-corrected chi connectivity index (χ4v) is 2.40. The van der Waals surface area contributed by atoms with Crippen molar-refractivity contribution in [2.24, 2.45) is 0 Å². The molecule has 0 N–H and O–H groups in total. The highest BCUT2D eigenvalue weighted by molar-refractivity contribution is 6.32. The summed E-state index contributed by atoms with van der Waals surface area (Å²) in [4.78, 5) is 0. The minimum Gasteiger partial charge on any atom is -0.495 e. The van der Waals surface area contributed by atoms with Crippen LogP contribution in [0.1, 0.15) is 51.0 Å². The standard InChI is InChI=1S/C16H23ClO/c1-4-6-7-9-13(8-5-2)14-10-11-16(18-3)15(17)12-14/h6-7,10-13H,4-5,8-9H2,1-3H3/b7-6-. The maximum atomic E-state index is 6.19. The van der Waals surface area contributed by atoms with Gasteiger partial charge >= 0.3 is 0 Å². The predicted molar refractivity (Wildman–Crippen MR) is 79.7 cm³/mol. The molecule has 0 saturated heterocycles. The maximum Gasteiger partial charge on any atom is 0.137 e. The second kappa shape index (κ2) is 8.20. The van der Waals surface area contributed by atoms with Crippen LogP contribution in [0.4, 0.5) is 0 Å². The molecular weight excluding hydrogens is 244 g/mol. The molecule has 0 saturated carbocycles. The lowest BCUT2D eigenvalue weighted by molar-refractivity contribution is 0.414. The third-order valence-corrected chi connectivity index (χ3v) is 3.40. The Balaban J connectivity index is 2.84. The average molecular weight is 267 g/mol. The second-order valence-corrected chi connectivity index (χ2v) is 4.90. The van der Waals surface area contributed by atoms with Crippen LogP contribution in [0.15, 0.2) is 30.4 Å². The number of rotatable bonds is 7. The fraction of sp³-hybridized carbons (Fsp3) is 0.500. The topological polar surface area (TPSA) is 9.23 Å². The Kier molecular flexibility index (Phi) is 6.89. The van der Waals surface area contributed by atoms with Crippen molar-refractivity contribution < 1.29 is 4.74 Å². The van der Waals surface area contributed by atoms with Crippen molar-refractivity contribution in [2.75, 3.05) is 7.11 Å². The predicted octanol–water partition coefficient (Wildman–Crippen LogP) is 5.59. The van der Waals surface area contributed by atoms with Crippen LogP contribution >= 0.6 is 11.6 Å². The van der Waals surface area contributed by atoms with Crippen LogP contribution in [0.5, 0.6) is 5.75 Å². The highest BCUT2D eigenvalue weighted by Gasteiger charge is 2.11. The van der Waals surface area contributed by atoms with Crippen molar-refractivity contribution in [3.63, 3.8) is 0 Å². The van der Waals surface area contributed by atoms with E-state index in [0.717, 1.165) is 18.6 Å². The molecule has 0 aliphatic heterocycles. The van der Waals surface area contributed by atoms with Crippen LogP contribution in [0, 0.1) is 0 Å². The van der Waals surface area contributed by atoms with Crippen LogP contribution in [0.3, 0.4) is 0 Å². The Hall–Kier alpha value is -0.950. The molecule has 0 aliphatic rings. The molecule has 0 aliphatic carbocycles. The summed E-state index contributed by atoms with van der Waals surface area (Å²) in [5.74, 6) is 1.31. The molecule has 1 rings (SSSR count). The van der Waals surface area contributed by atoms with E-state index >= 15 is 0 Å². The quantitative estimate of drug-likeness (QED) is 0.585. The second-order valence-electron chi connectivity index (χ2n) is 4.49. The van der Waals surface area contributed by atoms with Crippen molar-refractivity contribution in [3.8, 4) is 5.75 Å². The molecule has 0 heterocycles. The van der Waals surface area contributed by atoms with Gasteiger partial charge in [-0.15, -0.1) is 0 Å². The third kappa shape index (κ3) is 4.38. The maximum absolute atomic E-state index is 6.19. The van der Waals surface area contributed by atoms with Crippen LogP contribution in [0.2, 0.25) is 5.02 Å². The summed E-state index contributed by atoms with van der Waals surface area (Å²) in [6.07, 6.45) is 9.07. The van der Waals surface area contributed by atoms with E-state index in [2.05, 4.69) is 32.1 Å². The first-order chi connectivity index (χ1) is 8.72. The molecule has 0 bridgehead atoms. The molecule has 100 valence electrons. The molecule has 1 atom stereocenters. The minimum atomic E-state index is 0.557. The lowest BCUT2D eigenvalue weighted by atomic mass is 9.91. The number of allylic oxidation sites excluding steroid dienone is 2. The van der Waals surface area contributed by atoms with Crippen molar-refractivity contribution in [1.82, 2.24) is 0 Å². The van der Waals surface area contributed by atoms with Gasteiger partial charge in [0.2, 0.25) is 0 Å². The summed E-state index contributed by atoms with van der Waals surface area (Å²) in [5, 5.41) is 0.704. The molecule has 2 heteroatoms. The highest BCUT2D eigenvalue weighted by atomic mass is 35.5. The van der Waals surface area contributed by atoms with E-state index < -0.39 is 0 Å². The number of methoxy groups -OCH3 is 1. The minimum absolute atomic E-state index is 0.557. The third-order valence-electron chi connectivity index (χ3n) is 3.11. The van der Waals surface area contributed by atoms with E-state index in [0.29, 0.717) is 10.9 Å². The lowest BCUT2D eigenvalue weighted by Crippen LogP contribution is -1.98. The van der Waals surface area contributed by atoms with Gasteiger partial charge in [0.05, 0.1) is 12.1 Å². The van der Waals surface area contributed by atoms with E-state index in [1.165, 1.54) is 18.4 Å². The van der Waals surface area contributed by atoms with Gasteiger partial charge in [0.15, 0.2) is 0 Å². The number of hydrogen-bond acceptors (Lipinski definition) is 1. The lowest BCUT2D eigenvalue weighted by Gasteiger charge is -2.16. The first-order valence-corrected chi connectivity index (χ1v) is 7.09. The van der Waals surface area contributed by atoms with Crippen LogP contribution in [-0.2, 0) is 0 Å². The van der Waals surface area contributed by atoms with Crippen molar-refractivity contribution in [1.29, 1.82) is 0 Å². The summed E-state index contributed by atoms with van der Waals surface area (Å²) >= 11 is 6.19. The molecule has 0 spiro atoms. The van der Waals surface area contributed by atoms with Gasteiger partial charge in [-0.3, -0.25) is 0 Å². The SMILES string of the molecule is CC/C=C\CC(CCC)c1ccc(OC)c(Cl)c1. The first kappa shape index (κ1) is 15.1. The Labute approximate surface area is 116 Å². The number of ether oxygens (including phenoxy) is 1. The fourth-order valence-electron chi connectivity index (χ4n) is 2.13. The van der Waals surface area contributed by atoms with Gasteiger partial charge < -0.3 is 4.74 Å². The van der Waals surface area contributed by atoms with Crippen molar-refractivity contribution in [3.05, 3.63) is 40.9 Å². The molecule has 0 aromatic heterocycles. The molecule has 0 fully saturated rings. The summed E-state index contributed by atoms with van der Waals surface area (Å²) < 4.78 is 5.19. The molecule has 1 aromatic carbocycles. The molecule has 1 unspecified atom stereocenters. The monoisotopic (exact) mass is 266 g/mol. The number of halogens is 1. The Bertz CT molecular complexity index is 385. The Morgan fingerprint density at radius 1 is 1.28 bits per heavy atom. The first-order valence-electron chi connectivity index (χ1n) is 6.71. The van der Waals surface area contributed by atoms with E-state index in [1.807, 2.05) is 12.1 Å². The van der Waals surface area contributed by atoms with E-state index in [9.17, 15) is 0 Å². The summed E-state index contributed by atoms with van der Waals surface area (Å²) in [7, 11) is 1.65. The van der Waals surface area contributed by atoms with E-state index in [-0.39, 0.29) is 0 Å². The number of hydrogen-bond donors (Lipinski definition) is 0. The Morgan fingerprint density at radius 3 is 2.61 bits per heavy atom. The molecule has 1 nitrogen and oxygen atoms in total. The molecule has 0 radical (unpaired) electrons. The van der Waals surface area contributed by atoms with E-state index in [4.69, 9.17) is 16.3 Å². The largest absolute Gasteiger partial charge is 0.495 e. The molecular formula is C16H23ClO. The molecule has 1 aromatic rings. The molecule has 0 amide bonds. The highest BCUT2D eigenvalue weighted by Crippen LogP contribution is 2.32. The van der Waals surface area contributed by atoms with Gasteiger partial charge in [0, 0.05) is 0 Å². The normalized spacial score (nSPS) is 12.9. The number of benzene rings is 1. The van der Waals surface area contributed by atoms with Gasteiger partial charge in [-0.2, -0.15) is 0 Å². The molecule has 18 heavy (non-hydrogen) atoms. The van der Waals surface area contributed by atoms with Crippen LogP contribution < -0.4 is 4.74 Å². The van der Waals surface area contributed by atoms with Gasteiger partial charge in [0.1, 0.15) is 5.75 Å². The Morgan fingerprint density at radius 2 is 2.06 bits per heavy atom. The summed E-state index contributed by atoms with van der Waals surface area (Å²) in [5.41, 5.74) is 1.31. The zero-order valence-electron chi connectivity index (χ0n) is 11.6. The van der Waals surface area contributed by atoms with Crippen molar-refractivity contribution in [2.45, 2.75) is 45.4 Å². The van der Waals surface area contributed by atoms with Crippen molar-refractivity contribution >= 4 is 11.6 Å². The van der Waals surface area contributed by atoms with Gasteiger partial charge in [-0.05, 0) is 42.9 Å². The van der Waals surface area contributed by atoms with E-state index in [1.54, 1.807) is 7.11 Å².